The molecule has 1 fully saturated rings. The minimum Gasteiger partial charge on any atom is -0.390 e. The number of hydrogen-bond acceptors (Lipinski definition) is 8. The van der Waals surface area contributed by atoms with Crippen LogP contribution in [0.4, 0.5) is 5.95 Å². The molecule has 0 radical (unpaired) electrons. The van der Waals surface area contributed by atoms with Gasteiger partial charge in [-0.2, -0.15) is 0 Å². The average molecular weight is 748 g/mol. The molecule has 13 heteroatoms. The molecule has 4 aromatic carbocycles. The fourth-order valence-corrected chi connectivity index (χ4v) is 7.97. The van der Waals surface area contributed by atoms with Crippen molar-refractivity contribution in [2.75, 3.05) is 5.32 Å². The second-order valence-corrected chi connectivity index (χ2v) is 15.7. The highest BCUT2D eigenvalue weighted by molar-refractivity contribution is 8.01. The molecule has 12 nitrogen and oxygen atoms in total. The van der Waals surface area contributed by atoms with Gasteiger partial charge in [-0.25, -0.2) is 4.98 Å². The number of aliphatic hydroxyl groups excluding tert-OH is 1. The van der Waals surface area contributed by atoms with Crippen LogP contribution < -0.4 is 26.6 Å². The lowest BCUT2D eigenvalue weighted by atomic mass is 9.96. The Morgan fingerprint density at radius 2 is 1.41 bits per heavy atom. The molecule has 280 valence electrons. The number of benzene rings is 4. The monoisotopic (exact) mass is 747 g/mol. The van der Waals surface area contributed by atoms with E-state index >= 15 is 0 Å². The van der Waals surface area contributed by atoms with Crippen molar-refractivity contribution < 1.29 is 24.3 Å². The van der Waals surface area contributed by atoms with E-state index in [0.717, 1.165) is 22.2 Å². The number of thioether (sulfide) groups is 1. The van der Waals surface area contributed by atoms with Crippen molar-refractivity contribution in [2.24, 2.45) is 0 Å². The maximum atomic E-state index is 14.2. The van der Waals surface area contributed by atoms with E-state index in [1.807, 2.05) is 129 Å². The van der Waals surface area contributed by atoms with Crippen LogP contribution in [-0.4, -0.2) is 73.1 Å². The van der Waals surface area contributed by atoms with E-state index < -0.39 is 52.1 Å². The number of aromatic nitrogens is 2. The maximum Gasteiger partial charge on any atom is 0.245 e. The van der Waals surface area contributed by atoms with Crippen LogP contribution in [0.2, 0.25) is 0 Å². The van der Waals surface area contributed by atoms with Crippen LogP contribution in [0.3, 0.4) is 0 Å². The Labute approximate surface area is 318 Å². The number of nitrogens with zero attached hydrogens (tertiary/aromatic N) is 1. The smallest absolute Gasteiger partial charge is 0.245 e. The molecule has 6 rings (SSSR count). The summed E-state index contributed by atoms with van der Waals surface area (Å²) in [7, 11) is 0. The highest BCUT2D eigenvalue weighted by Crippen LogP contribution is 2.39. The number of para-hydroxylation sites is 2. The van der Waals surface area contributed by atoms with Crippen LogP contribution in [0, 0.1) is 0 Å². The molecule has 2 heterocycles. The number of carbonyl (C=O) groups excluding carboxylic acids is 4. The first-order valence-electron chi connectivity index (χ1n) is 17.9. The van der Waals surface area contributed by atoms with Gasteiger partial charge in [0, 0.05) is 11.3 Å². The summed E-state index contributed by atoms with van der Waals surface area (Å²) in [4.78, 5) is 61.8. The highest BCUT2D eigenvalue weighted by Gasteiger charge is 2.49. The van der Waals surface area contributed by atoms with Gasteiger partial charge in [-0.3, -0.25) is 29.8 Å². The van der Waals surface area contributed by atoms with Crippen LogP contribution in [0.15, 0.2) is 115 Å². The third-order valence-corrected chi connectivity index (χ3v) is 10.8. The van der Waals surface area contributed by atoms with Gasteiger partial charge < -0.3 is 26.0 Å². The van der Waals surface area contributed by atoms with Crippen molar-refractivity contribution in [3.8, 4) is 0 Å². The molecule has 1 aliphatic heterocycles. The molecule has 1 aromatic heterocycles. The fraction of sp³-hybridized carbons (Fsp3) is 0.293. The Morgan fingerprint density at radius 1 is 0.796 bits per heavy atom. The summed E-state index contributed by atoms with van der Waals surface area (Å²) in [6, 6.07) is 32.8. The van der Waals surface area contributed by atoms with Crippen molar-refractivity contribution >= 4 is 52.4 Å². The topological polar surface area (TPSA) is 177 Å². The Balaban J connectivity index is 1.16. The molecule has 7 N–H and O–H groups in total. The van der Waals surface area contributed by atoms with E-state index in [2.05, 4.69) is 36.6 Å². The van der Waals surface area contributed by atoms with E-state index in [9.17, 15) is 24.3 Å². The number of fused-ring (bicyclic) bond motifs is 1. The average Bonchev–Trinajstić information content (AvgIpc) is 3.72. The predicted octanol–water partition coefficient (Wildman–Crippen LogP) is 3.83. The van der Waals surface area contributed by atoms with Gasteiger partial charge in [0.2, 0.25) is 29.6 Å². The van der Waals surface area contributed by atoms with Crippen molar-refractivity contribution in [1.29, 1.82) is 0 Å². The molecule has 5 atom stereocenters. The summed E-state index contributed by atoms with van der Waals surface area (Å²) in [6.07, 6.45) is -1.21. The molecule has 1 saturated heterocycles. The largest absolute Gasteiger partial charge is 0.390 e. The summed E-state index contributed by atoms with van der Waals surface area (Å²) in [5, 5.41) is 25.7. The van der Waals surface area contributed by atoms with Crippen molar-refractivity contribution in [3.05, 3.63) is 132 Å². The van der Waals surface area contributed by atoms with Gasteiger partial charge in [0.05, 0.1) is 41.4 Å². The van der Waals surface area contributed by atoms with E-state index in [1.54, 1.807) is 0 Å². The Kier molecular flexibility index (Phi) is 12.4. The molecule has 0 spiro atoms. The summed E-state index contributed by atoms with van der Waals surface area (Å²) < 4.78 is -0.738. The van der Waals surface area contributed by atoms with Gasteiger partial charge >= 0.3 is 0 Å². The number of amides is 4. The molecular formula is C41H45N7O5S. The normalized spacial score (nSPS) is 17.9. The molecule has 4 amide bonds. The number of carbonyl (C=O) groups is 4. The molecule has 0 saturated carbocycles. The zero-order chi connectivity index (χ0) is 38.1. The van der Waals surface area contributed by atoms with Crippen LogP contribution in [-0.2, 0) is 38.6 Å². The molecule has 0 bridgehead atoms. The first kappa shape index (κ1) is 38.2. The number of aliphatic hydroxyl groups is 1. The van der Waals surface area contributed by atoms with Crippen molar-refractivity contribution in [3.63, 3.8) is 0 Å². The third kappa shape index (κ3) is 10.1. The van der Waals surface area contributed by atoms with E-state index in [4.69, 9.17) is 0 Å². The summed E-state index contributed by atoms with van der Waals surface area (Å²) >= 11 is 1.38. The van der Waals surface area contributed by atoms with Gasteiger partial charge in [0.25, 0.3) is 0 Å². The Hall–Kier alpha value is -5.50. The molecule has 5 aromatic rings. The zero-order valence-electron chi connectivity index (χ0n) is 30.1. The lowest BCUT2D eigenvalue weighted by molar-refractivity contribution is -0.129. The van der Waals surface area contributed by atoms with Crippen LogP contribution in [0.25, 0.3) is 11.0 Å². The van der Waals surface area contributed by atoms with Crippen LogP contribution in [0.1, 0.15) is 37.0 Å². The second kappa shape index (κ2) is 17.5. The number of H-pyrrole nitrogens is 1. The SMILES string of the molecule is CC1(C)S[C@H]([C@H](NC(=O)Cc2ccccc2)C(=O)NCc2ccccc2)N[C@H]1C(=O)N[C@H](Cc1ccccc1)[C@@H](O)CC(=O)Nc1nc2ccccc2[nH]1. The first-order valence-corrected chi connectivity index (χ1v) is 18.8. The van der Waals surface area contributed by atoms with Gasteiger partial charge in [-0.05, 0) is 49.1 Å². The van der Waals surface area contributed by atoms with Crippen molar-refractivity contribution in [2.45, 2.75) is 74.0 Å². The third-order valence-electron chi connectivity index (χ3n) is 9.27. The number of hydrogen-bond donors (Lipinski definition) is 7. The van der Waals surface area contributed by atoms with Gasteiger partial charge in [0.15, 0.2) is 0 Å². The number of nitrogens with one attached hydrogen (secondary N) is 6. The van der Waals surface area contributed by atoms with Gasteiger partial charge in [0.1, 0.15) is 12.1 Å². The van der Waals surface area contributed by atoms with Gasteiger partial charge in [-0.1, -0.05) is 103 Å². The Bertz CT molecular complexity index is 2010. The Morgan fingerprint density at radius 3 is 2.07 bits per heavy atom. The maximum absolute atomic E-state index is 14.2. The van der Waals surface area contributed by atoms with E-state index in [1.165, 1.54) is 11.8 Å². The van der Waals surface area contributed by atoms with Crippen molar-refractivity contribution in [1.82, 2.24) is 31.2 Å². The molecule has 54 heavy (non-hydrogen) atoms. The van der Waals surface area contributed by atoms with E-state index in [-0.39, 0.29) is 37.7 Å². The molecule has 1 aliphatic rings. The molecule has 0 unspecified atom stereocenters. The summed E-state index contributed by atoms with van der Waals surface area (Å²) in [6.45, 7) is 4.05. The second-order valence-electron chi connectivity index (χ2n) is 13.9. The first-order chi connectivity index (χ1) is 26.0. The predicted molar refractivity (Wildman–Crippen MR) is 210 cm³/mol. The zero-order valence-corrected chi connectivity index (χ0v) is 30.9. The lowest BCUT2D eigenvalue weighted by Gasteiger charge is -2.29. The standard InChI is InChI=1S/C41H45N7O5S/c1-41(2)36(48-39(54-41)35(37(52)42-25-28-18-10-5-11-19-28)46-33(50)23-27-16-8-4-9-17-27)38(53)43-31(22-26-14-6-3-7-15-26)32(49)24-34(51)47-40-44-29-20-12-13-21-30(29)45-40/h3-21,31-32,35-36,39,48-49H,22-25H2,1-2H3,(H,42,52)(H,43,53)(H,46,50)(H2,44,45,47,51)/t31-,32+,35-,36+,39-/m1/s1. The number of anilines is 1. The summed E-state index contributed by atoms with van der Waals surface area (Å²) in [5.74, 6) is -1.35. The van der Waals surface area contributed by atoms with Crippen LogP contribution >= 0.6 is 11.8 Å². The quantitative estimate of drug-likeness (QED) is 0.0846. The minimum atomic E-state index is -1.25. The number of rotatable bonds is 15. The fourth-order valence-electron chi connectivity index (χ4n) is 6.47. The van der Waals surface area contributed by atoms with Gasteiger partial charge in [-0.15, -0.1) is 11.8 Å². The lowest BCUT2D eigenvalue weighted by Crippen LogP contribution is -2.59. The number of aromatic amines is 1. The highest BCUT2D eigenvalue weighted by atomic mass is 32.2. The molecule has 0 aliphatic carbocycles. The summed E-state index contributed by atoms with van der Waals surface area (Å²) in [5.41, 5.74) is 4.02. The number of imidazole rings is 1. The molecular weight excluding hydrogens is 703 g/mol. The minimum absolute atomic E-state index is 0.0803. The van der Waals surface area contributed by atoms with Crippen LogP contribution in [0.5, 0.6) is 0 Å². The van der Waals surface area contributed by atoms with E-state index in [0.29, 0.717) is 5.52 Å².